The standard InChI is InChI=1S/C13H13ClFN3/c1-9-5-18-11(8-17-9)7-16-6-10-2-3-13(15)12(14)4-10/h2-5,8,16H,6-7H2,1H3. The van der Waals surface area contributed by atoms with E-state index < -0.39 is 5.82 Å². The Hall–Kier alpha value is -1.52. The zero-order valence-corrected chi connectivity index (χ0v) is 10.7. The van der Waals surface area contributed by atoms with Crippen LogP contribution in [-0.2, 0) is 13.1 Å². The molecule has 5 heteroatoms. The molecule has 0 amide bonds. The zero-order valence-electron chi connectivity index (χ0n) is 9.95. The second kappa shape index (κ2) is 5.89. The van der Waals surface area contributed by atoms with Gasteiger partial charge in [-0.1, -0.05) is 17.7 Å². The van der Waals surface area contributed by atoms with Crippen LogP contribution in [0.4, 0.5) is 4.39 Å². The van der Waals surface area contributed by atoms with E-state index >= 15 is 0 Å². The minimum Gasteiger partial charge on any atom is -0.307 e. The van der Waals surface area contributed by atoms with Crippen molar-refractivity contribution in [1.29, 1.82) is 0 Å². The quantitative estimate of drug-likeness (QED) is 0.924. The molecule has 0 bridgehead atoms. The Morgan fingerprint density at radius 3 is 2.72 bits per heavy atom. The van der Waals surface area contributed by atoms with Gasteiger partial charge in [0.1, 0.15) is 5.82 Å². The fourth-order valence-electron chi connectivity index (χ4n) is 1.50. The van der Waals surface area contributed by atoms with Crippen LogP contribution < -0.4 is 5.32 Å². The first-order valence-corrected chi connectivity index (χ1v) is 5.95. The van der Waals surface area contributed by atoms with Gasteiger partial charge in [0.05, 0.1) is 16.4 Å². The molecule has 94 valence electrons. The summed E-state index contributed by atoms with van der Waals surface area (Å²) in [6.07, 6.45) is 3.46. The predicted octanol–water partition coefficient (Wildman–Crippen LogP) is 2.87. The summed E-state index contributed by atoms with van der Waals surface area (Å²) in [5.41, 5.74) is 2.69. The fraction of sp³-hybridized carbons (Fsp3) is 0.231. The van der Waals surface area contributed by atoms with Gasteiger partial charge >= 0.3 is 0 Å². The van der Waals surface area contributed by atoms with E-state index in [0.717, 1.165) is 17.0 Å². The summed E-state index contributed by atoms with van der Waals surface area (Å²) in [7, 11) is 0. The van der Waals surface area contributed by atoms with Crippen molar-refractivity contribution >= 4 is 11.6 Å². The molecule has 0 radical (unpaired) electrons. The van der Waals surface area contributed by atoms with Crippen LogP contribution in [0.2, 0.25) is 5.02 Å². The van der Waals surface area contributed by atoms with Gasteiger partial charge in [-0.2, -0.15) is 0 Å². The second-order valence-corrected chi connectivity index (χ2v) is 4.41. The summed E-state index contributed by atoms with van der Waals surface area (Å²) in [5.74, 6) is -0.398. The maximum atomic E-state index is 13.0. The molecule has 2 rings (SSSR count). The smallest absolute Gasteiger partial charge is 0.141 e. The van der Waals surface area contributed by atoms with Crippen molar-refractivity contribution in [2.24, 2.45) is 0 Å². The number of halogens is 2. The lowest BCUT2D eigenvalue weighted by molar-refractivity contribution is 0.624. The largest absolute Gasteiger partial charge is 0.307 e. The molecule has 0 saturated carbocycles. The third-order valence-electron chi connectivity index (χ3n) is 2.45. The van der Waals surface area contributed by atoms with Gasteiger partial charge < -0.3 is 5.32 Å². The Balaban J connectivity index is 1.88. The zero-order chi connectivity index (χ0) is 13.0. The van der Waals surface area contributed by atoms with Crippen molar-refractivity contribution in [3.63, 3.8) is 0 Å². The van der Waals surface area contributed by atoms with Crippen LogP contribution in [0.15, 0.2) is 30.6 Å². The fourth-order valence-corrected chi connectivity index (χ4v) is 1.70. The van der Waals surface area contributed by atoms with Crippen LogP contribution in [0.25, 0.3) is 0 Å². The monoisotopic (exact) mass is 265 g/mol. The number of nitrogens with one attached hydrogen (secondary N) is 1. The van der Waals surface area contributed by atoms with Crippen LogP contribution in [-0.4, -0.2) is 9.97 Å². The molecule has 1 aromatic heterocycles. The highest BCUT2D eigenvalue weighted by molar-refractivity contribution is 6.30. The number of benzene rings is 1. The molecule has 0 atom stereocenters. The minimum absolute atomic E-state index is 0.143. The lowest BCUT2D eigenvalue weighted by Crippen LogP contribution is -2.14. The van der Waals surface area contributed by atoms with E-state index in [-0.39, 0.29) is 5.02 Å². The first kappa shape index (κ1) is 12.9. The van der Waals surface area contributed by atoms with Crippen molar-refractivity contribution in [2.75, 3.05) is 0 Å². The van der Waals surface area contributed by atoms with E-state index in [0.29, 0.717) is 13.1 Å². The summed E-state index contributed by atoms with van der Waals surface area (Å²) in [4.78, 5) is 8.39. The van der Waals surface area contributed by atoms with E-state index in [1.54, 1.807) is 24.5 Å². The van der Waals surface area contributed by atoms with Gasteiger partial charge in [0.25, 0.3) is 0 Å². The van der Waals surface area contributed by atoms with E-state index in [1.165, 1.54) is 6.07 Å². The van der Waals surface area contributed by atoms with Gasteiger partial charge in [0.15, 0.2) is 0 Å². The van der Waals surface area contributed by atoms with Gasteiger partial charge in [-0.25, -0.2) is 4.39 Å². The lowest BCUT2D eigenvalue weighted by Gasteiger charge is -2.05. The number of aromatic nitrogens is 2. The summed E-state index contributed by atoms with van der Waals surface area (Å²) >= 11 is 5.70. The maximum Gasteiger partial charge on any atom is 0.141 e. The summed E-state index contributed by atoms with van der Waals surface area (Å²) in [6, 6.07) is 4.69. The van der Waals surface area contributed by atoms with Crippen molar-refractivity contribution in [3.8, 4) is 0 Å². The third-order valence-corrected chi connectivity index (χ3v) is 2.74. The normalized spacial score (nSPS) is 10.6. The van der Waals surface area contributed by atoms with Crippen LogP contribution >= 0.6 is 11.6 Å². The predicted molar refractivity (Wildman–Crippen MR) is 68.7 cm³/mol. The summed E-state index contributed by atoms with van der Waals surface area (Å²) in [5, 5.41) is 3.34. The number of hydrogen-bond acceptors (Lipinski definition) is 3. The van der Waals surface area contributed by atoms with Crippen LogP contribution in [0, 0.1) is 12.7 Å². The minimum atomic E-state index is -0.398. The van der Waals surface area contributed by atoms with Crippen LogP contribution in [0.1, 0.15) is 17.0 Å². The van der Waals surface area contributed by atoms with Crippen molar-refractivity contribution in [1.82, 2.24) is 15.3 Å². The molecule has 0 aliphatic heterocycles. The summed E-state index contributed by atoms with van der Waals surface area (Å²) < 4.78 is 13.0. The first-order valence-electron chi connectivity index (χ1n) is 5.57. The average Bonchev–Trinajstić information content (AvgIpc) is 2.36. The molecule has 0 spiro atoms. The van der Waals surface area contributed by atoms with Crippen molar-refractivity contribution in [3.05, 3.63) is 58.4 Å². The molecule has 3 nitrogen and oxygen atoms in total. The Morgan fingerprint density at radius 2 is 2.06 bits per heavy atom. The molecule has 1 aromatic carbocycles. The third kappa shape index (κ3) is 3.48. The average molecular weight is 266 g/mol. The highest BCUT2D eigenvalue weighted by atomic mass is 35.5. The molecule has 0 fully saturated rings. The van der Waals surface area contributed by atoms with Gasteiger partial charge in [-0.15, -0.1) is 0 Å². The Morgan fingerprint density at radius 1 is 1.22 bits per heavy atom. The van der Waals surface area contributed by atoms with Gasteiger partial charge in [0, 0.05) is 25.5 Å². The van der Waals surface area contributed by atoms with Crippen molar-refractivity contribution < 1.29 is 4.39 Å². The molecule has 1 N–H and O–H groups in total. The molecule has 0 aliphatic rings. The van der Waals surface area contributed by atoms with Gasteiger partial charge in [-0.05, 0) is 24.6 Å². The van der Waals surface area contributed by atoms with Crippen molar-refractivity contribution in [2.45, 2.75) is 20.0 Å². The molecule has 0 saturated heterocycles. The van der Waals surface area contributed by atoms with Gasteiger partial charge in [0.2, 0.25) is 0 Å². The first-order chi connectivity index (χ1) is 8.65. The number of rotatable bonds is 4. The SMILES string of the molecule is Cc1cnc(CNCc2ccc(F)c(Cl)c2)cn1. The number of hydrogen-bond donors (Lipinski definition) is 1. The lowest BCUT2D eigenvalue weighted by atomic mass is 10.2. The highest BCUT2D eigenvalue weighted by Crippen LogP contribution is 2.15. The molecule has 1 heterocycles. The molecule has 0 unspecified atom stereocenters. The van der Waals surface area contributed by atoms with E-state index in [2.05, 4.69) is 15.3 Å². The number of nitrogens with zero attached hydrogens (tertiary/aromatic N) is 2. The Bertz CT molecular complexity index is 528. The highest BCUT2D eigenvalue weighted by Gasteiger charge is 2.01. The molecule has 2 aromatic rings. The summed E-state index contributed by atoms with van der Waals surface area (Å²) in [6.45, 7) is 3.11. The molecule has 0 aliphatic carbocycles. The second-order valence-electron chi connectivity index (χ2n) is 4.00. The topological polar surface area (TPSA) is 37.8 Å². The number of aryl methyl sites for hydroxylation is 1. The molecular formula is C13H13ClFN3. The molecular weight excluding hydrogens is 253 g/mol. The van der Waals surface area contributed by atoms with E-state index in [9.17, 15) is 4.39 Å². The Kier molecular flexibility index (Phi) is 4.23. The molecule has 18 heavy (non-hydrogen) atoms. The maximum absolute atomic E-state index is 13.0. The van der Waals surface area contributed by atoms with Crippen LogP contribution in [0.3, 0.4) is 0 Å². The Labute approximate surface area is 110 Å². The van der Waals surface area contributed by atoms with E-state index in [1.807, 2.05) is 6.92 Å². The van der Waals surface area contributed by atoms with Gasteiger partial charge in [-0.3, -0.25) is 9.97 Å². The van der Waals surface area contributed by atoms with E-state index in [4.69, 9.17) is 11.6 Å². The van der Waals surface area contributed by atoms with Crippen LogP contribution in [0.5, 0.6) is 0 Å².